The van der Waals surface area contributed by atoms with Crippen LogP contribution in [0, 0.1) is 13.8 Å². The number of thiocarbonyl (C=S) groups is 1. The molecule has 0 aliphatic carbocycles. The van der Waals surface area contributed by atoms with Gasteiger partial charge >= 0.3 is 5.97 Å². The summed E-state index contributed by atoms with van der Waals surface area (Å²) in [5.41, 5.74) is 1.92. The molecule has 0 heterocycles. The second-order valence-electron chi connectivity index (χ2n) is 3.28. The molecular weight excluding hydrogens is 212 g/mol. The van der Waals surface area contributed by atoms with Gasteiger partial charge in [0.15, 0.2) is 5.05 Å². The van der Waals surface area contributed by atoms with Gasteiger partial charge in [0, 0.05) is 6.92 Å². The molecule has 3 nitrogen and oxygen atoms in total. The fraction of sp³-hybridized carbons (Fsp3) is 0.273. The highest BCUT2D eigenvalue weighted by Crippen LogP contribution is 2.26. The van der Waals surface area contributed by atoms with Crippen molar-refractivity contribution in [1.82, 2.24) is 0 Å². The van der Waals surface area contributed by atoms with E-state index in [0.717, 1.165) is 11.1 Å². The van der Waals surface area contributed by atoms with Crippen molar-refractivity contribution in [1.29, 1.82) is 0 Å². The lowest BCUT2D eigenvalue weighted by Gasteiger charge is -2.12. The van der Waals surface area contributed by atoms with E-state index in [-0.39, 0.29) is 5.56 Å². The maximum absolute atomic E-state index is 10.9. The Morgan fingerprint density at radius 3 is 2.47 bits per heavy atom. The second kappa shape index (κ2) is 4.40. The maximum Gasteiger partial charge on any atom is 0.339 e. The van der Waals surface area contributed by atoms with Crippen LogP contribution < -0.4 is 4.74 Å². The van der Waals surface area contributed by atoms with Crippen molar-refractivity contribution >= 4 is 23.2 Å². The zero-order valence-corrected chi connectivity index (χ0v) is 9.64. The molecule has 0 fully saturated rings. The highest BCUT2D eigenvalue weighted by Gasteiger charge is 2.15. The molecule has 1 aromatic rings. The average Bonchev–Trinajstić information content (AvgIpc) is 2.12. The number of benzene rings is 1. The van der Waals surface area contributed by atoms with Crippen LogP contribution in [-0.2, 0) is 0 Å². The Morgan fingerprint density at radius 2 is 2.00 bits per heavy atom. The van der Waals surface area contributed by atoms with Gasteiger partial charge in [-0.1, -0.05) is 6.07 Å². The average molecular weight is 224 g/mol. The largest absolute Gasteiger partial charge is 0.478 e. The van der Waals surface area contributed by atoms with Gasteiger partial charge in [-0.2, -0.15) is 0 Å². The van der Waals surface area contributed by atoms with Gasteiger partial charge < -0.3 is 9.84 Å². The number of carboxylic acid groups (broad SMARTS) is 1. The van der Waals surface area contributed by atoms with Crippen LogP contribution in [0.4, 0.5) is 0 Å². The Labute approximate surface area is 93.7 Å². The van der Waals surface area contributed by atoms with Crippen molar-refractivity contribution in [2.45, 2.75) is 20.8 Å². The molecule has 0 bridgehead atoms. The van der Waals surface area contributed by atoms with Crippen LogP contribution >= 0.6 is 12.2 Å². The normalized spacial score (nSPS) is 9.80. The number of aryl methyl sites for hydroxylation is 1. The minimum atomic E-state index is -1.01. The molecule has 15 heavy (non-hydrogen) atoms. The minimum Gasteiger partial charge on any atom is -0.478 e. The molecule has 0 aromatic heterocycles. The quantitative estimate of drug-likeness (QED) is 0.785. The van der Waals surface area contributed by atoms with E-state index in [1.807, 2.05) is 13.8 Å². The number of hydrogen-bond acceptors (Lipinski definition) is 3. The number of aromatic carboxylic acids is 1. The SMILES string of the molecule is CC(=S)Oc1c(C(=O)O)ccc(C)c1C. The topological polar surface area (TPSA) is 46.5 Å². The van der Waals surface area contributed by atoms with Crippen LogP contribution in [0.5, 0.6) is 5.75 Å². The molecule has 0 saturated carbocycles. The first kappa shape index (κ1) is 11.7. The third kappa shape index (κ3) is 2.53. The number of carboxylic acids is 1. The van der Waals surface area contributed by atoms with E-state index in [9.17, 15) is 4.79 Å². The van der Waals surface area contributed by atoms with Crippen molar-refractivity contribution in [3.8, 4) is 5.75 Å². The van der Waals surface area contributed by atoms with Gasteiger partial charge in [0.2, 0.25) is 0 Å². The lowest BCUT2D eigenvalue weighted by atomic mass is 10.0. The molecule has 0 spiro atoms. The Kier molecular flexibility index (Phi) is 3.42. The summed E-state index contributed by atoms with van der Waals surface area (Å²) in [6.45, 7) is 5.32. The van der Waals surface area contributed by atoms with E-state index in [1.54, 1.807) is 13.0 Å². The summed E-state index contributed by atoms with van der Waals surface area (Å²) >= 11 is 4.81. The van der Waals surface area contributed by atoms with Gasteiger partial charge in [-0.05, 0) is 43.3 Å². The Morgan fingerprint density at radius 1 is 1.40 bits per heavy atom. The molecular formula is C11H12O3S. The van der Waals surface area contributed by atoms with E-state index in [4.69, 9.17) is 22.1 Å². The Balaban J connectivity index is 3.34. The van der Waals surface area contributed by atoms with Crippen molar-refractivity contribution in [3.63, 3.8) is 0 Å². The summed E-state index contributed by atoms with van der Waals surface area (Å²) in [6, 6.07) is 3.28. The molecule has 1 rings (SSSR count). The standard InChI is InChI=1S/C11H12O3S/c1-6-4-5-9(11(12)13)10(7(6)2)14-8(3)15/h4-5H,1-3H3,(H,12,13). The van der Waals surface area contributed by atoms with Gasteiger partial charge in [0.05, 0.1) is 0 Å². The predicted octanol–water partition coefficient (Wildman–Crippen LogP) is 2.73. The number of carbonyl (C=O) groups is 1. The summed E-state index contributed by atoms with van der Waals surface area (Å²) < 4.78 is 5.27. The summed E-state index contributed by atoms with van der Waals surface area (Å²) in [7, 11) is 0. The second-order valence-corrected chi connectivity index (χ2v) is 3.86. The maximum atomic E-state index is 10.9. The lowest BCUT2D eigenvalue weighted by molar-refractivity contribution is 0.0694. The van der Waals surface area contributed by atoms with Crippen molar-refractivity contribution in [2.24, 2.45) is 0 Å². The van der Waals surface area contributed by atoms with E-state index >= 15 is 0 Å². The highest BCUT2D eigenvalue weighted by atomic mass is 32.1. The summed E-state index contributed by atoms with van der Waals surface area (Å²) in [5.74, 6) is -0.667. The summed E-state index contributed by atoms with van der Waals surface area (Å²) in [6.07, 6.45) is 0. The molecule has 4 heteroatoms. The zero-order chi connectivity index (χ0) is 11.6. The van der Waals surface area contributed by atoms with Gasteiger partial charge in [-0.3, -0.25) is 0 Å². The molecule has 1 N–H and O–H groups in total. The van der Waals surface area contributed by atoms with Crippen LogP contribution in [0.25, 0.3) is 0 Å². The van der Waals surface area contributed by atoms with Gasteiger partial charge in [0.25, 0.3) is 0 Å². The summed E-state index contributed by atoms with van der Waals surface area (Å²) in [5, 5.41) is 9.28. The molecule has 0 aliphatic heterocycles. The molecule has 0 unspecified atom stereocenters. The van der Waals surface area contributed by atoms with E-state index in [1.165, 1.54) is 6.07 Å². The zero-order valence-electron chi connectivity index (χ0n) is 8.83. The van der Waals surface area contributed by atoms with Crippen LogP contribution in [0.1, 0.15) is 28.4 Å². The van der Waals surface area contributed by atoms with E-state index in [2.05, 4.69) is 0 Å². The monoisotopic (exact) mass is 224 g/mol. The van der Waals surface area contributed by atoms with Crippen LogP contribution in [0.15, 0.2) is 12.1 Å². The molecule has 0 saturated heterocycles. The van der Waals surface area contributed by atoms with Gasteiger partial charge in [-0.15, -0.1) is 0 Å². The molecule has 0 atom stereocenters. The first-order valence-corrected chi connectivity index (χ1v) is 4.86. The molecule has 0 amide bonds. The van der Waals surface area contributed by atoms with Crippen LogP contribution in [-0.4, -0.2) is 16.1 Å². The van der Waals surface area contributed by atoms with Crippen LogP contribution in [0.3, 0.4) is 0 Å². The molecule has 0 radical (unpaired) electrons. The predicted molar refractivity (Wildman–Crippen MR) is 61.8 cm³/mol. The van der Waals surface area contributed by atoms with Gasteiger partial charge in [-0.25, -0.2) is 4.79 Å². The number of rotatable bonds is 2. The van der Waals surface area contributed by atoms with Crippen LogP contribution in [0.2, 0.25) is 0 Å². The van der Waals surface area contributed by atoms with E-state index in [0.29, 0.717) is 10.8 Å². The summed E-state index contributed by atoms with van der Waals surface area (Å²) in [4.78, 5) is 10.9. The molecule has 1 aromatic carbocycles. The third-order valence-corrected chi connectivity index (χ3v) is 2.24. The van der Waals surface area contributed by atoms with Crippen molar-refractivity contribution in [3.05, 3.63) is 28.8 Å². The number of hydrogen-bond donors (Lipinski definition) is 1. The molecule has 0 aliphatic rings. The van der Waals surface area contributed by atoms with Gasteiger partial charge in [0.1, 0.15) is 11.3 Å². The van der Waals surface area contributed by atoms with Crippen molar-refractivity contribution in [2.75, 3.05) is 0 Å². The smallest absolute Gasteiger partial charge is 0.339 e. The van der Waals surface area contributed by atoms with Crippen molar-refractivity contribution < 1.29 is 14.6 Å². The fourth-order valence-electron chi connectivity index (χ4n) is 1.23. The Hall–Kier alpha value is -1.42. The lowest BCUT2D eigenvalue weighted by Crippen LogP contribution is -2.08. The highest BCUT2D eigenvalue weighted by molar-refractivity contribution is 7.80. The fourth-order valence-corrected chi connectivity index (χ4v) is 1.32. The van der Waals surface area contributed by atoms with E-state index < -0.39 is 5.97 Å². The first-order chi connectivity index (χ1) is 6.93. The minimum absolute atomic E-state index is 0.141. The number of ether oxygens (including phenoxy) is 1. The third-order valence-electron chi connectivity index (χ3n) is 2.15. The first-order valence-electron chi connectivity index (χ1n) is 4.45. The molecule has 80 valence electrons. The Bertz CT molecular complexity index is 424.